The Balaban J connectivity index is 2.72. The van der Waals surface area contributed by atoms with E-state index in [0.29, 0.717) is 18.8 Å². The highest BCUT2D eigenvalue weighted by atomic mass is 16.6. The van der Waals surface area contributed by atoms with Crippen molar-refractivity contribution in [2.75, 3.05) is 0 Å². The highest BCUT2D eigenvalue weighted by molar-refractivity contribution is 5.85. The van der Waals surface area contributed by atoms with Gasteiger partial charge in [-0.05, 0) is 58.4 Å². The minimum absolute atomic E-state index is 0.0576. The highest BCUT2D eigenvalue weighted by Crippen LogP contribution is 2.10. The van der Waals surface area contributed by atoms with Crippen LogP contribution in [0.4, 0.5) is 4.79 Å². The Morgan fingerprint density at radius 2 is 1.65 bits per heavy atom. The van der Waals surface area contributed by atoms with Crippen LogP contribution in [0.3, 0.4) is 0 Å². The fourth-order valence-electron chi connectivity index (χ4n) is 2.78. The molecule has 0 aliphatic heterocycles. The molecule has 0 spiro atoms. The second kappa shape index (κ2) is 10.2. The lowest BCUT2D eigenvalue weighted by Crippen LogP contribution is -2.50. The molecule has 0 bridgehead atoms. The van der Waals surface area contributed by atoms with E-state index in [1.807, 2.05) is 37.3 Å². The summed E-state index contributed by atoms with van der Waals surface area (Å²) in [7, 11) is 0. The monoisotopic (exact) mass is 362 g/mol. The van der Waals surface area contributed by atoms with E-state index in [4.69, 9.17) is 4.74 Å². The van der Waals surface area contributed by atoms with Crippen molar-refractivity contribution in [1.29, 1.82) is 0 Å². The molecule has 0 radical (unpaired) electrons. The van der Waals surface area contributed by atoms with Crippen LogP contribution in [0.5, 0.6) is 0 Å². The minimum Gasteiger partial charge on any atom is -0.444 e. The SMILES string of the molecule is CC(C)CC(C)NC(=O)[C@H](CCc1ccccc1)NC(=O)OC(C)(C)C. The van der Waals surface area contributed by atoms with E-state index >= 15 is 0 Å². The largest absolute Gasteiger partial charge is 0.444 e. The number of rotatable bonds is 8. The zero-order chi connectivity index (χ0) is 19.7. The van der Waals surface area contributed by atoms with Crippen LogP contribution in [0.2, 0.25) is 0 Å². The molecule has 0 aliphatic carbocycles. The number of benzene rings is 1. The number of carbonyl (C=O) groups excluding carboxylic acids is 2. The van der Waals surface area contributed by atoms with Gasteiger partial charge in [-0.3, -0.25) is 4.79 Å². The summed E-state index contributed by atoms with van der Waals surface area (Å²) < 4.78 is 5.31. The maximum Gasteiger partial charge on any atom is 0.408 e. The molecule has 5 heteroatoms. The van der Waals surface area contributed by atoms with Gasteiger partial charge in [-0.1, -0.05) is 44.2 Å². The molecule has 0 fully saturated rings. The normalized spacial score (nSPS) is 13.8. The molecule has 1 rings (SSSR count). The summed E-state index contributed by atoms with van der Waals surface area (Å²) in [4.78, 5) is 24.8. The van der Waals surface area contributed by atoms with E-state index in [2.05, 4.69) is 24.5 Å². The van der Waals surface area contributed by atoms with Crippen LogP contribution in [-0.4, -0.2) is 29.7 Å². The van der Waals surface area contributed by atoms with Crippen LogP contribution in [0.1, 0.15) is 59.9 Å². The number of alkyl carbamates (subject to hydrolysis) is 1. The van der Waals surface area contributed by atoms with Gasteiger partial charge < -0.3 is 15.4 Å². The van der Waals surface area contributed by atoms with Gasteiger partial charge in [0, 0.05) is 6.04 Å². The van der Waals surface area contributed by atoms with Gasteiger partial charge in [0.1, 0.15) is 11.6 Å². The lowest BCUT2D eigenvalue weighted by molar-refractivity contribution is -0.124. The molecule has 2 atom stereocenters. The first-order valence-electron chi connectivity index (χ1n) is 9.40. The Morgan fingerprint density at radius 1 is 1.04 bits per heavy atom. The lowest BCUT2D eigenvalue weighted by Gasteiger charge is -2.25. The molecule has 1 aromatic carbocycles. The van der Waals surface area contributed by atoms with E-state index in [-0.39, 0.29) is 11.9 Å². The van der Waals surface area contributed by atoms with Gasteiger partial charge in [-0.15, -0.1) is 0 Å². The molecule has 1 unspecified atom stereocenters. The molecule has 2 amide bonds. The van der Waals surface area contributed by atoms with Crippen LogP contribution in [0, 0.1) is 5.92 Å². The van der Waals surface area contributed by atoms with E-state index in [9.17, 15) is 9.59 Å². The third-order valence-corrected chi connectivity index (χ3v) is 3.79. The second-order valence-electron chi connectivity index (χ2n) is 8.26. The number of nitrogens with one attached hydrogen (secondary N) is 2. The van der Waals surface area contributed by atoms with Crippen molar-refractivity contribution >= 4 is 12.0 Å². The fraction of sp³-hybridized carbons (Fsp3) is 0.619. The molecule has 0 saturated carbocycles. The summed E-state index contributed by atoms with van der Waals surface area (Å²) >= 11 is 0. The van der Waals surface area contributed by atoms with Gasteiger partial charge in [0.05, 0.1) is 0 Å². The Labute approximate surface area is 157 Å². The Bertz CT molecular complexity index is 564. The van der Waals surface area contributed by atoms with Gasteiger partial charge in [0.2, 0.25) is 5.91 Å². The van der Waals surface area contributed by atoms with Crippen molar-refractivity contribution in [1.82, 2.24) is 10.6 Å². The number of hydrogen-bond acceptors (Lipinski definition) is 3. The van der Waals surface area contributed by atoms with Gasteiger partial charge in [0.25, 0.3) is 0 Å². The highest BCUT2D eigenvalue weighted by Gasteiger charge is 2.25. The van der Waals surface area contributed by atoms with Gasteiger partial charge in [-0.25, -0.2) is 4.79 Å². The standard InChI is InChI=1S/C21H34N2O3/c1-15(2)14-16(3)22-19(24)18(23-20(25)26-21(4,5)6)13-12-17-10-8-7-9-11-17/h7-11,15-16,18H,12-14H2,1-6H3,(H,22,24)(H,23,25)/t16?,18-/m0/s1. The molecule has 26 heavy (non-hydrogen) atoms. The van der Waals surface area contributed by atoms with E-state index < -0.39 is 17.7 Å². The van der Waals surface area contributed by atoms with Crippen LogP contribution in [0.15, 0.2) is 30.3 Å². The average molecular weight is 363 g/mol. The predicted molar refractivity (Wildman–Crippen MR) is 105 cm³/mol. The molecule has 0 heterocycles. The Morgan fingerprint density at radius 3 is 2.19 bits per heavy atom. The van der Waals surface area contributed by atoms with Gasteiger partial charge >= 0.3 is 6.09 Å². The van der Waals surface area contributed by atoms with E-state index in [1.165, 1.54) is 0 Å². The summed E-state index contributed by atoms with van der Waals surface area (Å²) in [5, 5.41) is 5.74. The quantitative estimate of drug-likeness (QED) is 0.733. The average Bonchev–Trinajstić information content (AvgIpc) is 2.49. The van der Waals surface area contributed by atoms with Gasteiger partial charge in [-0.2, -0.15) is 0 Å². The zero-order valence-electron chi connectivity index (χ0n) is 17.0. The molecule has 0 aromatic heterocycles. The molecule has 5 nitrogen and oxygen atoms in total. The second-order valence-corrected chi connectivity index (χ2v) is 8.26. The Hall–Kier alpha value is -2.04. The number of hydrogen-bond donors (Lipinski definition) is 2. The molecule has 1 aromatic rings. The fourth-order valence-corrected chi connectivity index (χ4v) is 2.78. The summed E-state index contributed by atoms with van der Waals surface area (Å²) in [6.07, 6.45) is 1.54. The molecule has 0 saturated heterocycles. The topological polar surface area (TPSA) is 67.4 Å². The minimum atomic E-state index is -0.625. The molecule has 2 N–H and O–H groups in total. The maximum atomic E-state index is 12.7. The summed E-state index contributed by atoms with van der Waals surface area (Å²) in [6.45, 7) is 11.6. The van der Waals surface area contributed by atoms with Crippen LogP contribution in [-0.2, 0) is 16.0 Å². The van der Waals surface area contributed by atoms with Crippen molar-refractivity contribution in [3.63, 3.8) is 0 Å². The molecular weight excluding hydrogens is 328 g/mol. The number of carbonyl (C=O) groups is 2. The van der Waals surface area contributed by atoms with Crippen molar-refractivity contribution < 1.29 is 14.3 Å². The molecular formula is C21H34N2O3. The third kappa shape index (κ3) is 9.44. The molecule has 0 aliphatic rings. The smallest absolute Gasteiger partial charge is 0.408 e. The van der Waals surface area contributed by atoms with Crippen molar-refractivity contribution in [2.45, 2.75) is 78.5 Å². The van der Waals surface area contributed by atoms with Crippen LogP contribution >= 0.6 is 0 Å². The lowest BCUT2D eigenvalue weighted by atomic mass is 10.0. The summed E-state index contributed by atoms with van der Waals surface area (Å²) in [6, 6.07) is 9.36. The summed E-state index contributed by atoms with van der Waals surface area (Å²) in [5.74, 6) is 0.326. The molecule has 146 valence electrons. The number of amides is 2. The zero-order valence-corrected chi connectivity index (χ0v) is 17.0. The van der Waals surface area contributed by atoms with Gasteiger partial charge in [0.15, 0.2) is 0 Å². The number of ether oxygens (including phenoxy) is 1. The van der Waals surface area contributed by atoms with E-state index in [1.54, 1.807) is 20.8 Å². The first kappa shape index (κ1) is 22.0. The summed E-state index contributed by atoms with van der Waals surface area (Å²) in [5.41, 5.74) is 0.529. The van der Waals surface area contributed by atoms with Crippen LogP contribution in [0.25, 0.3) is 0 Å². The predicted octanol–water partition coefficient (Wildman–Crippen LogP) is 4.06. The third-order valence-electron chi connectivity index (χ3n) is 3.79. The van der Waals surface area contributed by atoms with Crippen molar-refractivity contribution in [2.24, 2.45) is 5.92 Å². The Kier molecular flexibility index (Phi) is 8.62. The van der Waals surface area contributed by atoms with E-state index in [0.717, 1.165) is 12.0 Å². The van der Waals surface area contributed by atoms with Crippen molar-refractivity contribution in [3.8, 4) is 0 Å². The van der Waals surface area contributed by atoms with Crippen molar-refractivity contribution in [3.05, 3.63) is 35.9 Å². The first-order chi connectivity index (χ1) is 12.1. The maximum absolute atomic E-state index is 12.7. The number of aryl methyl sites for hydroxylation is 1. The first-order valence-corrected chi connectivity index (χ1v) is 9.40. The van der Waals surface area contributed by atoms with Crippen LogP contribution < -0.4 is 10.6 Å².